The summed E-state index contributed by atoms with van der Waals surface area (Å²) in [7, 11) is 0. The van der Waals surface area contributed by atoms with E-state index >= 15 is 0 Å². The third-order valence-electron chi connectivity index (χ3n) is 3.02. The summed E-state index contributed by atoms with van der Waals surface area (Å²) >= 11 is 9.62. The van der Waals surface area contributed by atoms with Gasteiger partial charge in [-0.25, -0.2) is 0 Å². The third kappa shape index (κ3) is 4.81. The zero-order valence-corrected chi connectivity index (χ0v) is 14.2. The van der Waals surface area contributed by atoms with Crippen LogP contribution in [0.4, 0.5) is 0 Å². The summed E-state index contributed by atoms with van der Waals surface area (Å²) in [6.07, 6.45) is 1.16. The van der Waals surface area contributed by atoms with E-state index in [1.54, 1.807) is 0 Å². The molecule has 1 heterocycles. The second-order valence-electron chi connectivity index (χ2n) is 4.76. The highest BCUT2D eigenvalue weighted by Gasteiger charge is 2.12. The van der Waals surface area contributed by atoms with Crippen molar-refractivity contribution in [1.82, 2.24) is 5.32 Å². The van der Waals surface area contributed by atoms with Crippen molar-refractivity contribution in [3.05, 3.63) is 51.2 Å². The van der Waals surface area contributed by atoms with Gasteiger partial charge in [-0.1, -0.05) is 18.5 Å². The Hall–Kier alpha value is -0.480. The smallest absolute Gasteiger partial charge is 0.0423 e. The molecule has 2 aromatic rings. The molecule has 1 N–H and O–H groups in total. The summed E-state index contributed by atoms with van der Waals surface area (Å²) in [5.41, 5.74) is 1.41. The number of hydrogen-bond acceptors (Lipinski definition) is 3. The number of thioether (sulfide) groups is 1. The second kappa shape index (κ2) is 8.08. The maximum absolute atomic E-state index is 5.92. The Balaban J connectivity index is 1.98. The number of thiophene rings is 1. The van der Waals surface area contributed by atoms with E-state index in [1.807, 2.05) is 35.2 Å². The Morgan fingerprint density at radius 3 is 2.65 bits per heavy atom. The predicted octanol–water partition coefficient (Wildman–Crippen LogP) is 5.54. The molecule has 0 saturated carbocycles. The zero-order chi connectivity index (χ0) is 14.4. The van der Waals surface area contributed by atoms with Crippen molar-refractivity contribution in [3.63, 3.8) is 0 Å². The lowest BCUT2D eigenvalue weighted by atomic mass is 10.1. The first kappa shape index (κ1) is 15.9. The number of benzene rings is 1. The average Bonchev–Trinajstić information content (AvgIpc) is 2.87. The Bertz CT molecular complexity index is 522. The molecule has 108 valence electrons. The fourth-order valence-corrected chi connectivity index (χ4v) is 3.83. The van der Waals surface area contributed by atoms with Gasteiger partial charge in [-0.3, -0.25) is 0 Å². The van der Waals surface area contributed by atoms with Gasteiger partial charge in [0.25, 0.3) is 0 Å². The maximum atomic E-state index is 5.92. The first-order valence-corrected chi connectivity index (χ1v) is 9.10. The Kier molecular flexibility index (Phi) is 6.43. The highest BCUT2D eigenvalue weighted by molar-refractivity contribution is 7.99. The SMILES string of the molecule is CCCNC(CSc1ccc(Cl)cc1)c1csc(C)c1. The van der Waals surface area contributed by atoms with Crippen molar-refractivity contribution in [3.8, 4) is 0 Å². The van der Waals surface area contributed by atoms with Crippen molar-refractivity contribution in [2.24, 2.45) is 0 Å². The van der Waals surface area contributed by atoms with Gasteiger partial charge in [0.15, 0.2) is 0 Å². The maximum Gasteiger partial charge on any atom is 0.0423 e. The minimum Gasteiger partial charge on any atom is -0.309 e. The van der Waals surface area contributed by atoms with Gasteiger partial charge in [-0.15, -0.1) is 23.1 Å². The lowest BCUT2D eigenvalue weighted by Crippen LogP contribution is -2.23. The molecule has 0 saturated heterocycles. The van der Waals surface area contributed by atoms with Crippen LogP contribution in [0.5, 0.6) is 0 Å². The molecule has 2 rings (SSSR count). The summed E-state index contributed by atoms with van der Waals surface area (Å²) in [6.45, 7) is 5.42. The van der Waals surface area contributed by atoms with Crippen molar-refractivity contribution < 1.29 is 0 Å². The average molecular weight is 326 g/mol. The number of rotatable bonds is 7. The van der Waals surface area contributed by atoms with E-state index in [4.69, 9.17) is 11.6 Å². The molecule has 1 atom stereocenters. The van der Waals surface area contributed by atoms with E-state index in [1.165, 1.54) is 15.3 Å². The molecular formula is C16H20ClNS2. The van der Waals surface area contributed by atoms with Gasteiger partial charge in [-0.2, -0.15) is 0 Å². The first-order valence-electron chi connectivity index (χ1n) is 6.86. The van der Waals surface area contributed by atoms with Crippen molar-refractivity contribution in [1.29, 1.82) is 0 Å². The van der Waals surface area contributed by atoms with E-state index < -0.39 is 0 Å². The Labute approximate surface area is 134 Å². The molecule has 1 aromatic carbocycles. The van der Waals surface area contributed by atoms with Gasteiger partial charge in [-0.05, 0) is 61.2 Å². The minimum absolute atomic E-state index is 0.417. The lowest BCUT2D eigenvalue weighted by molar-refractivity contribution is 0.579. The standard InChI is InChI=1S/C16H20ClNS2/c1-3-8-18-16(13-9-12(2)19-10-13)11-20-15-6-4-14(17)5-7-15/h4-7,9-10,16,18H,3,8,11H2,1-2H3. The van der Waals surface area contributed by atoms with Crippen LogP contribution in [-0.4, -0.2) is 12.3 Å². The molecule has 0 bridgehead atoms. The molecule has 0 aliphatic rings. The molecule has 0 spiro atoms. The van der Waals surface area contributed by atoms with Crippen LogP contribution < -0.4 is 5.32 Å². The van der Waals surface area contributed by atoms with Crippen LogP contribution in [0.1, 0.15) is 29.8 Å². The van der Waals surface area contributed by atoms with E-state index in [-0.39, 0.29) is 0 Å². The predicted molar refractivity (Wildman–Crippen MR) is 92.3 cm³/mol. The van der Waals surface area contributed by atoms with Crippen molar-refractivity contribution in [2.45, 2.75) is 31.2 Å². The molecule has 0 radical (unpaired) electrons. The molecule has 0 aliphatic carbocycles. The van der Waals surface area contributed by atoms with Gasteiger partial charge >= 0.3 is 0 Å². The summed E-state index contributed by atoms with van der Waals surface area (Å²) in [6, 6.07) is 10.8. The normalized spacial score (nSPS) is 12.6. The fourth-order valence-electron chi connectivity index (χ4n) is 1.95. The van der Waals surface area contributed by atoms with Crippen LogP contribution in [-0.2, 0) is 0 Å². The van der Waals surface area contributed by atoms with Gasteiger partial charge in [0.05, 0.1) is 0 Å². The molecule has 0 aliphatic heterocycles. The van der Waals surface area contributed by atoms with E-state index in [9.17, 15) is 0 Å². The lowest BCUT2D eigenvalue weighted by Gasteiger charge is -2.17. The number of halogens is 1. The van der Waals surface area contributed by atoms with Crippen LogP contribution in [0.15, 0.2) is 40.6 Å². The molecule has 4 heteroatoms. The van der Waals surface area contributed by atoms with Crippen LogP contribution in [0, 0.1) is 6.92 Å². The topological polar surface area (TPSA) is 12.0 Å². The van der Waals surface area contributed by atoms with Crippen molar-refractivity contribution in [2.75, 3.05) is 12.3 Å². The molecule has 1 nitrogen and oxygen atoms in total. The van der Waals surface area contributed by atoms with Crippen LogP contribution in [0.3, 0.4) is 0 Å². The molecule has 0 amide bonds. The highest BCUT2D eigenvalue weighted by Crippen LogP contribution is 2.28. The molecule has 20 heavy (non-hydrogen) atoms. The van der Waals surface area contributed by atoms with Crippen LogP contribution >= 0.6 is 34.7 Å². The second-order valence-corrected chi connectivity index (χ2v) is 7.41. The zero-order valence-electron chi connectivity index (χ0n) is 11.9. The number of nitrogens with one attached hydrogen (secondary N) is 1. The van der Waals surface area contributed by atoms with E-state index in [0.29, 0.717) is 6.04 Å². The van der Waals surface area contributed by atoms with Crippen LogP contribution in [0.25, 0.3) is 0 Å². The van der Waals surface area contributed by atoms with Gasteiger partial charge < -0.3 is 5.32 Å². The molecular weight excluding hydrogens is 306 g/mol. The minimum atomic E-state index is 0.417. The first-order chi connectivity index (χ1) is 9.69. The quantitative estimate of drug-likeness (QED) is 0.670. The monoisotopic (exact) mass is 325 g/mol. The number of hydrogen-bond donors (Lipinski definition) is 1. The third-order valence-corrected chi connectivity index (χ3v) is 5.26. The molecule has 0 fully saturated rings. The van der Waals surface area contributed by atoms with E-state index in [2.05, 4.69) is 42.7 Å². The van der Waals surface area contributed by atoms with Gasteiger partial charge in [0, 0.05) is 26.6 Å². The van der Waals surface area contributed by atoms with Crippen LogP contribution in [0.2, 0.25) is 5.02 Å². The van der Waals surface area contributed by atoms with Gasteiger partial charge in [0.1, 0.15) is 0 Å². The Morgan fingerprint density at radius 2 is 2.05 bits per heavy atom. The van der Waals surface area contributed by atoms with E-state index in [0.717, 1.165) is 23.7 Å². The Morgan fingerprint density at radius 1 is 1.30 bits per heavy atom. The summed E-state index contributed by atoms with van der Waals surface area (Å²) in [5, 5.41) is 6.70. The fraction of sp³-hybridized carbons (Fsp3) is 0.375. The largest absolute Gasteiger partial charge is 0.309 e. The van der Waals surface area contributed by atoms with Crippen molar-refractivity contribution >= 4 is 34.7 Å². The number of aryl methyl sites for hydroxylation is 1. The summed E-state index contributed by atoms with van der Waals surface area (Å²) in [5.74, 6) is 1.04. The molecule has 1 aromatic heterocycles. The molecule has 1 unspecified atom stereocenters. The summed E-state index contributed by atoms with van der Waals surface area (Å²) in [4.78, 5) is 2.64. The summed E-state index contributed by atoms with van der Waals surface area (Å²) < 4.78 is 0. The highest BCUT2D eigenvalue weighted by atomic mass is 35.5. The van der Waals surface area contributed by atoms with Gasteiger partial charge in [0.2, 0.25) is 0 Å².